The minimum Gasteiger partial charge on any atom is -0.294 e. The molecule has 0 aliphatic carbocycles. The molecule has 0 bridgehead atoms. The van der Waals surface area contributed by atoms with Crippen molar-refractivity contribution in [1.29, 1.82) is 0 Å². The van der Waals surface area contributed by atoms with Crippen LogP contribution in [0.1, 0.15) is 28.1 Å². The van der Waals surface area contributed by atoms with Gasteiger partial charge in [0.25, 0.3) is 0 Å². The van der Waals surface area contributed by atoms with E-state index in [9.17, 15) is 13.2 Å². The monoisotopic (exact) mass is 418 g/mol. The molecule has 0 atom stereocenters. The summed E-state index contributed by atoms with van der Waals surface area (Å²) in [6, 6.07) is 8.72. The first-order valence-corrected chi connectivity index (χ1v) is 9.54. The quantitative estimate of drug-likeness (QED) is 0.556. The number of hydrogen-bond donors (Lipinski definition) is 0. The largest absolute Gasteiger partial charge is 0.416 e. The third-order valence-electron chi connectivity index (χ3n) is 5.04. The molecule has 2 aromatic heterocycles. The summed E-state index contributed by atoms with van der Waals surface area (Å²) in [6.07, 6.45) is -1.82. The van der Waals surface area contributed by atoms with Gasteiger partial charge in [0.1, 0.15) is 5.15 Å². The van der Waals surface area contributed by atoms with Gasteiger partial charge in [-0.3, -0.25) is 4.90 Å². The molecule has 0 saturated heterocycles. The molecule has 0 N–H and O–H groups in total. The fraction of sp³-hybridized carbons (Fsp3) is 0.286. The second kappa shape index (κ2) is 7.72. The maximum absolute atomic E-state index is 12.7. The lowest BCUT2D eigenvalue weighted by Gasteiger charge is -2.28. The maximum Gasteiger partial charge on any atom is 0.416 e. The summed E-state index contributed by atoms with van der Waals surface area (Å²) in [7, 11) is 0. The molecule has 150 valence electrons. The topological polar surface area (TPSA) is 41.9 Å². The van der Waals surface area contributed by atoms with Crippen LogP contribution in [0.3, 0.4) is 0 Å². The van der Waals surface area contributed by atoms with Gasteiger partial charge in [-0.15, -0.1) is 0 Å². The molecular formula is C21H18ClF3N4. The van der Waals surface area contributed by atoms with Crippen molar-refractivity contribution in [2.45, 2.75) is 32.6 Å². The molecule has 8 heteroatoms. The van der Waals surface area contributed by atoms with E-state index in [1.165, 1.54) is 12.1 Å². The average molecular weight is 419 g/mol. The van der Waals surface area contributed by atoms with Gasteiger partial charge in [-0.2, -0.15) is 13.2 Å². The van der Waals surface area contributed by atoms with Crippen LogP contribution in [0.25, 0.3) is 11.4 Å². The van der Waals surface area contributed by atoms with E-state index in [-0.39, 0.29) is 0 Å². The summed E-state index contributed by atoms with van der Waals surface area (Å²) < 4.78 is 38.2. The molecule has 1 aliphatic rings. The zero-order valence-electron chi connectivity index (χ0n) is 15.7. The Bertz CT molecular complexity index is 1040. The van der Waals surface area contributed by atoms with Gasteiger partial charge in [-0.25, -0.2) is 15.0 Å². The summed E-state index contributed by atoms with van der Waals surface area (Å²) in [4.78, 5) is 15.6. The highest BCUT2D eigenvalue weighted by atomic mass is 35.5. The predicted molar refractivity (Wildman–Crippen MR) is 104 cm³/mol. The van der Waals surface area contributed by atoms with Crippen molar-refractivity contribution in [3.63, 3.8) is 0 Å². The zero-order chi connectivity index (χ0) is 20.6. The van der Waals surface area contributed by atoms with Crippen molar-refractivity contribution >= 4 is 11.6 Å². The first-order chi connectivity index (χ1) is 13.8. The molecule has 0 radical (unpaired) electrons. The van der Waals surface area contributed by atoms with E-state index in [1.54, 1.807) is 12.3 Å². The minimum atomic E-state index is -4.35. The Balaban J connectivity index is 1.50. The molecule has 3 aromatic rings. The number of pyridine rings is 1. The number of alkyl halides is 3. The zero-order valence-corrected chi connectivity index (χ0v) is 16.4. The molecular weight excluding hydrogens is 401 g/mol. The smallest absolute Gasteiger partial charge is 0.294 e. The number of halogens is 4. The molecule has 0 saturated carbocycles. The van der Waals surface area contributed by atoms with Crippen LogP contribution < -0.4 is 0 Å². The lowest BCUT2D eigenvalue weighted by atomic mass is 10.0. The van der Waals surface area contributed by atoms with Gasteiger partial charge in [-0.1, -0.05) is 29.8 Å². The summed E-state index contributed by atoms with van der Waals surface area (Å²) in [6.45, 7) is 4.25. The van der Waals surface area contributed by atoms with Crippen LogP contribution in [0.15, 0.2) is 42.6 Å². The minimum absolute atomic E-state index is 0.448. The number of benzene rings is 1. The van der Waals surface area contributed by atoms with E-state index in [0.29, 0.717) is 23.1 Å². The van der Waals surface area contributed by atoms with Crippen LogP contribution >= 0.6 is 11.6 Å². The van der Waals surface area contributed by atoms with Gasteiger partial charge in [0, 0.05) is 49.1 Å². The van der Waals surface area contributed by atoms with E-state index in [4.69, 9.17) is 11.6 Å². The fourth-order valence-electron chi connectivity index (χ4n) is 3.42. The lowest BCUT2D eigenvalue weighted by Crippen LogP contribution is -2.31. The Hall–Kier alpha value is -2.51. The second-order valence-electron chi connectivity index (χ2n) is 7.08. The first kappa shape index (κ1) is 19.8. The predicted octanol–water partition coefficient (Wildman–Crippen LogP) is 5.08. The van der Waals surface area contributed by atoms with Gasteiger partial charge in [0.2, 0.25) is 0 Å². The van der Waals surface area contributed by atoms with Crippen molar-refractivity contribution < 1.29 is 13.2 Å². The van der Waals surface area contributed by atoms with Crippen molar-refractivity contribution in [3.8, 4) is 11.4 Å². The van der Waals surface area contributed by atoms with Gasteiger partial charge in [0.05, 0.1) is 11.3 Å². The standard InChI is InChI=1S/C21H18ClF3N4/c1-13-15(4-7-19(22)27-13)11-29-9-8-18-16(12-29)10-26-20(28-18)14-2-5-17(6-3-14)21(23,24)25/h2-7,10H,8-9,11-12H2,1H3. The summed E-state index contributed by atoms with van der Waals surface area (Å²) in [5.74, 6) is 0.448. The number of fused-ring (bicyclic) bond motifs is 1. The number of nitrogens with zero attached hydrogens (tertiary/aromatic N) is 4. The molecule has 1 aliphatic heterocycles. The van der Waals surface area contributed by atoms with Crippen LogP contribution in [-0.4, -0.2) is 26.4 Å². The Morgan fingerprint density at radius 2 is 1.83 bits per heavy atom. The second-order valence-corrected chi connectivity index (χ2v) is 7.47. The molecule has 4 rings (SSSR count). The normalized spacial score (nSPS) is 14.7. The van der Waals surface area contributed by atoms with Gasteiger partial charge in [-0.05, 0) is 30.7 Å². The highest BCUT2D eigenvalue weighted by molar-refractivity contribution is 6.29. The van der Waals surface area contributed by atoms with Crippen LogP contribution in [0, 0.1) is 6.92 Å². The molecule has 4 nitrogen and oxygen atoms in total. The van der Waals surface area contributed by atoms with E-state index >= 15 is 0 Å². The molecule has 0 amide bonds. The molecule has 3 heterocycles. The molecule has 1 aromatic carbocycles. The third kappa shape index (κ3) is 4.41. The number of hydrogen-bond acceptors (Lipinski definition) is 4. The van der Waals surface area contributed by atoms with Crippen molar-refractivity contribution in [2.75, 3.05) is 6.54 Å². The van der Waals surface area contributed by atoms with E-state index < -0.39 is 11.7 Å². The third-order valence-corrected chi connectivity index (χ3v) is 5.25. The lowest BCUT2D eigenvalue weighted by molar-refractivity contribution is -0.137. The Kier molecular flexibility index (Phi) is 5.27. The maximum atomic E-state index is 12.7. The van der Waals surface area contributed by atoms with E-state index in [2.05, 4.69) is 19.9 Å². The number of rotatable bonds is 3. The number of aromatic nitrogens is 3. The van der Waals surface area contributed by atoms with Crippen LogP contribution in [0.4, 0.5) is 13.2 Å². The van der Waals surface area contributed by atoms with Crippen molar-refractivity contribution in [2.24, 2.45) is 0 Å². The van der Waals surface area contributed by atoms with Crippen LogP contribution in [-0.2, 0) is 25.7 Å². The van der Waals surface area contributed by atoms with E-state index in [1.807, 2.05) is 13.0 Å². The average Bonchev–Trinajstić information content (AvgIpc) is 2.69. The molecule has 0 spiro atoms. The highest BCUT2D eigenvalue weighted by Crippen LogP contribution is 2.30. The summed E-state index contributed by atoms with van der Waals surface area (Å²) in [5, 5.41) is 0.486. The van der Waals surface area contributed by atoms with Gasteiger partial charge in [0.15, 0.2) is 5.82 Å². The van der Waals surface area contributed by atoms with Crippen molar-refractivity contribution in [1.82, 2.24) is 19.9 Å². The van der Waals surface area contributed by atoms with Crippen molar-refractivity contribution in [3.05, 3.63) is 75.8 Å². The first-order valence-electron chi connectivity index (χ1n) is 9.16. The molecule has 0 unspecified atom stereocenters. The summed E-state index contributed by atoms with van der Waals surface area (Å²) >= 11 is 5.93. The summed E-state index contributed by atoms with van der Waals surface area (Å²) in [5.41, 5.74) is 3.91. The fourth-order valence-corrected chi connectivity index (χ4v) is 3.61. The number of aryl methyl sites for hydroxylation is 1. The van der Waals surface area contributed by atoms with Gasteiger partial charge >= 0.3 is 6.18 Å². The Morgan fingerprint density at radius 3 is 2.52 bits per heavy atom. The Morgan fingerprint density at radius 1 is 1.07 bits per heavy atom. The molecule has 29 heavy (non-hydrogen) atoms. The van der Waals surface area contributed by atoms with Crippen LogP contribution in [0.2, 0.25) is 5.15 Å². The highest BCUT2D eigenvalue weighted by Gasteiger charge is 2.30. The molecule has 0 fully saturated rings. The Labute approximate surface area is 171 Å². The SMILES string of the molecule is Cc1nc(Cl)ccc1CN1CCc2nc(-c3ccc(C(F)(F)F)cc3)ncc2C1. The van der Waals surface area contributed by atoms with Crippen LogP contribution in [0.5, 0.6) is 0 Å². The van der Waals surface area contributed by atoms with E-state index in [0.717, 1.165) is 54.2 Å². The van der Waals surface area contributed by atoms with Gasteiger partial charge < -0.3 is 0 Å².